The molecule has 0 N–H and O–H groups in total. The Kier molecular flexibility index (Phi) is 3.23. The van der Waals surface area contributed by atoms with Crippen molar-refractivity contribution in [3.05, 3.63) is 12.6 Å². The zero-order valence-electron chi connectivity index (χ0n) is 7.84. The molecule has 2 unspecified atom stereocenters. The van der Waals surface area contributed by atoms with Gasteiger partial charge < -0.3 is 0 Å². The van der Waals surface area contributed by atoms with Gasteiger partial charge in [-0.15, -0.1) is 12.6 Å². The molecule has 62 valence electrons. The van der Waals surface area contributed by atoms with Gasteiger partial charge >= 0.3 is 0 Å². The fraction of sp³-hybridized carbons (Fsp3) is 0.800. The van der Waals surface area contributed by atoms with Crippen LogP contribution >= 0.6 is 0 Å². The van der Waals surface area contributed by atoms with E-state index in [0.717, 1.165) is 18.5 Å². The van der Waals surface area contributed by atoms with Crippen molar-refractivity contribution in [2.24, 2.45) is 11.8 Å². The average molecular weight is 150 g/mol. The highest BCUT2D eigenvalue weighted by molar-refractivity contribution is 6.64. The zero-order valence-corrected chi connectivity index (χ0v) is 7.84. The van der Waals surface area contributed by atoms with Gasteiger partial charge in [0.1, 0.15) is 0 Å². The second kappa shape index (κ2) is 3.99. The molecule has 0 amide bonds. The first-order valence-corrected chi connectivity index (χ1v) is 4.85. The topological polar surface area (TPSA) is 0 Å². The van der Waals surface area contributed by atoms with Gasteiger partial charge in [0.15, 0.2) is 6.71 Å². The monoisotopic (exact) mass is 150 g/mol. The van der Waals surface area contributed by atoms with Gasteiger partial charge in [0.2, 0.25) is 0 Å². The predicted octanol–water partition coefficient (Wildman–Crippen LogP) is 3.27. The first-order valence-electron chi connectivity index (χ1n) is 4.85. The van der Waals surface area contributed by atoms with Gasteiger partial charge in [-0.25, -0.2) is 0 Å². The molecule has 1 rings (SSSR count). The summed E-state index contributed by atoms with van der Waals surface area (Å²) in [6.07, 6.45) is 5.58. The second-order valence-electron chi connectivity index (χ2n) is 4.25. The van der Waals surface area contributed by atoms with Crippen LogP contribution in [0.2, 0.25) is 12.6 Å². The van der Waals surface area contributed by atoms with Gasteiger partial charge in [0, 0.05) is 0 Å². The molecule has 11 heavy (non-hydrogen) atoms. The van der Waals surface area contributed by atoms with Crippen LogP contribution in [-0.2, 0) is 0 Å². The van der Waals surface area contributed by atoms with Crippen LogP contribution in [0.15, 0.2) is 12.6 Å². The van der Waals surface area contributed by atoms with E-state index in [4.69, 9.17) is 0 Å². The predicted molar refractivity (Wildman–Crippen MR) is 53.1 cm³/mol. The summed E-state index contributed by atoms with van der Waals surface area (Å²) in [5.41, 5.74) is 0. The lowest BCUT2D eigenvalue weighted by Crippen LogP contribution is -2.12. The average Bonchev–Trinajstić information content (AvgIpc) is 2.13. The van der Waals surface area contributed by atoms with Crippen LogP contribution in [0.25, 0.3) is 0 Å². The van der Waals surface area contributed by atoms with Crippen LogP contribution < -0.4 is 0 Å². The van der Waals surface area contributed by atoms with E-state index in [2.05, 4.69) is 26.4 Å². The highest BCUT2D eigenvalue weighted by Crippen LogP contribution is 2.27. The van der Waals surface area contributed by atoms with Gasteiger partial charge in [0.05, 0.1) is 0 Å². The molecule has 0 saturated carbocycles. The quantitative estimate of drug-likeness (QED) is 0.503. The maximum Gasteiger partial charge on any atom is 0.166 e. The normalized spacial score (nSPS) is 33.1. The second-order valence-corrected chi connectivity index (χ2v) is 4.25. The first kappa shape index (κ1) is 8.90. The molecule has 1 fully saturated rings. The minimum atomic E-state index is 0.794. The van der Waals surface area contributed by atoms with Crippen LogP contribution in [0.4, 0.5) is 0 Å². The van der Waals surface area contributed by atoms with Crippen molar-refractivity contribution in [2.45, 2.75) is 39.3 Å². The largest absolute Gasteiger partial charge is 0.166 e. The van der Waals surface area contributed by atoms with Crippen molar-refractivity contribution >= 4 is 6.71 Å². The Bertz CT molecular complexity index is 119. The molecule has 0 aromatic rings. The van der Waals surface area contributed by atoms with Crippen molar-refractivity contribution in [3.8, 4) is 0 Å². The van der Waals surface area contributed by atoms with Gasteiger partial charge in [-0.05, 0) is 0 Å². The molecule has 1 saturated heterocycles. The molecule has 0 bridgehead atoms. The smallest absolute Gasteiger partial charge is 0.122 e. The van der Waals surface area contributed by atoms with Crippen LogP contribution in [0.1, 0.15) is 26.7 Å². The molecule has 0 aliphatic carbocycles. The summed E-state index contributed by atoms with van der Waals surface area (Å²) in [6, 6.07) is 0. The van der Waals surface area contributed by atoms with Gasteiger partial charge in [-0.2, -0.15) is 0 Å². The van der Waals surface area contributed by atoms with E-state index in [1.54, 1.807) is 0 Å². The number of rotatable bonds is 1. The molecule has 2 atom stereocenters. The SMILES string of the molecule is C=CB1CC(C)CCC(C)C1. The molecule has 1 heteroatoms. The van der Waals surface area contributed by atoms with E-state index < -0.39 is 0 Å². The van der Waals surface area contributed by atoms with Gasteiger partial charge in [-0.1, -0.05) is 51.2 Å². The Hall–Kier alpha value is -0.195. The molecule has 0 aromatic heterocycles. The summed E-state index contributed by atoms with van der Waals surface area (Å²) in [4.78, 5) is 0. The molecular weight excluding hydrogens is 131 g/mol. The standard InChI is InChI=1S/C10H19B/c1-4-11-7-9(2)5-6-10(3)8-11/h4,9-10H,1,5-8H2,2-3H3. The molecule has 1 aliphatic heterocycles. The van der Waals surface area contributed by atoms with Crippen LogP contribution in [0.5, 0.6) is 0 Å². The van der Waals surface area contributed by atoms with E-state index >= 15 is 0 Å². The Labute approximate surface area is 71.2 Å². The minimum absolute atomic E-state index is 0.794. The van der Waals surface area contributed by atoms with E-state index in [9.17, 15) is 0 Å². The van der Waals surface area contributed by atoms with E-state index in [1.165, 1.54) is 25.5 Å². The Balaban J connectivity index is 2.47. The Morgan fingerprint density at radius 2 is 1.64 bits per heavy atom. The van der Waals surface area contributed by atoms with Crippen molar-refractivity contribution in [2.75, 3.05) is 0 Å². The van der Waals surface area contributed by atoms with Gasteiger partial charge in [-0.3, -0.25) is 0 Å². The summed E-state index contributed by atoms with van der Waals surface area (Å²) in [7, 11) is 0. The molecule has 0 spiro atoms. The van der Waals surface area contributed by atoms with Crippen molar-refractivity contribution in [1.29, 1.82) is 0 Å². The third kappa shape index (κ3) is 2.73. The summed E-state index contributed by atoms with van der Waals surface area (Å²) in [5.74, 6) is 3.99. The third-order valence-electron chi connectivity index (χ3n) is 2.90. The van der Waals surface area contributed by atoms with Crippen molar-refractivity contribution in [3.63, 3.8) is 0 Å². The van der Waals surface area contributed by atoms with Gasteiger partial charge in [0.25, 0.3) is 0 Å². The van der Waals surface area contributed by atoms with E-state index in [0.29, 0.717) is 0 Å². The summed E-state index contributed by atoms with van der Waals surface area (Å²) >= 11 is 0. The zero-order chi connectivity index (χ0) is 8.27. The summed E-state index contributed by atoms with van der Waals surface area (Å²) in [6.45, 7) is 9.43. The molecule has 0 radical (unpaired) electrons. The van der Waals surface area contributed by atoms with Crippen molar-refractivity contribution < 1.29 is 0 Å². The fourth-order valence-corrected chi connectivity index (χ4v) is 2.13. The lowest BCUT2D eigenvalue weighted by Gasteiger charge is -2.09. The number of hydrogen-bond donors (Lipinski definition) is 0. The van der Waals surface area contributed by atoms with Crippen LogP contribution in [-0.4, -0.2) is 6.71 Å². The maximum atomic E-state index is 3.89. The maximum absolute atomic E-state index is 3.89. The summed E-state index contributed by atoms with van der Waals surface area (Å²) in [5, 5.41) is 0. The van der Waals surface area contributed by atoms with E-state index in [1.807, 2.05) is 0 Å². The minimum Gasteiger partial charge on any atom is -0.122 e. The summed E-state index contributed by atoms with van der Waals surface area (Å²) < 4.78 is 0. The Morgan fingerprint density at radius 3 is 2.00 bits per heavy atom. The highest BCUT2D eigenvalue weighted by atomic mass is 14.1. The molecule has 1 heterocycles. The fourth-order valence-electron chi connectivity index (χ4n) is 2.13. The van der Waals surface area contributed by atoms with Crippen LogP contribution in [0, 0.1) is 11.8 Å². The van der Waals surface area contributed by atoms with E-state index in [-0.39, 0.29) is 0 Å². The molecular formula is C10H19B. The molecule has 0 aromatic carbocycles. The molecule has 1 aliphatic rings. The highest BCUT2D eigenvalue weighted by Gasteiger charge is 2.21. The lowest BCUT2D eigenvalue weighted by molar-refractivity contribution is 0.493. The van der Waals surface area contributed by atoms with Crippen LogP contribution in [0.3, 0.4) is 0 Å². The van der Waals surface area contributed by atoms with Crippen molar-refractivity contribution in [1.82, 2.24) is 0 Å². The lowest BCUT2D eigenvalue weighted by atomic mass is 9.43. The number of hydrogen-bond acceptors (Lipinski definition) is 0. The Morgan fingerprint density at radius 1 is 1.18 bits per heavy atom. The molecule has 0 nitrogen and oxygen atoms in total. The first-order chi connectivity index (χ1) is 5.22. The third-order valence-corrected chi connectivity index (χ3v) is 2.90.